The first-order valence-corrected chi connectivity index (χ1v) is 17.2. The lowest BCUT2D eigenvalue weighted by atomic mass is 9.81. The molecule has 0 amide bonds. The van der Waals surface area contributed by atoms with Gasteiger partial charge in [0.2, 0.25) is 0 Å². The number of hydrogen-bond acceptors (Lipinski definition) is 3. The highest BCUT2D eigenvalue weighted by molar-refractivity contribution is 7.26. The zero-order chi connectivity index (χ0) is 31.7. The molecule has 2 heterocycles. The third-order valence-corrected chi connectivity index (χ3v) is 12.1. The van der Waals surface area contributed by atoms with Crippen molar-refractivity contribution in [3.8, 4) is 44.9 Å². The van der Waals surface area contributed by atoms with Crippen molar-refractivity contribution in [3.63, 3.8) is 0 Å². The van der Waals surface area contributed by atoms with Crippen LogP contribution in [0, 0.1) is 0 Å². The molecule has 0 aliphatic heterocycles. The standard InChI is InChI=1S/C44H32N2S/c1-43(2)34-22-18-26(24-32(34)37-35(43)23-21-30-28-15-9-11-17-36(28)47-41(30)37)42-45-39(25-12-6-5-7-13-25)31-20-19-29-27-14-8-10-16-33(27)44(3,4)38(29)40(31)46-42/h5-24H,1-4H3. The zero-order valence-corrected chi connectivity index (χ0v) is 27.7. The van der Waals surface area contributed by atoms with E-state index in [1.807, 2.05) is 11.3 Å². The van der Waals surface area contributed by atoms with Gasteiger partial charge in [0, 0.05) is 53.1 Å². The van der Waals surface area contributed by atoms with Crippen LogP contribution in [-0.4, -0.2) is 9.97 Å². The minimum Gasteiger partial charge on any atom is -0.228 e. The predicted molar refractivity (Wildman–Crippen MR) is 198 cm³/mol. The molecule has 0 fully saturated rings. The van der Waals surface area contributed by atoms with Crippen molar-refractivity contribution in [2.75, 3.05) is 0 Å². The van der Waals surface area contributed by atoms with Crippen LogP contribution < -0.4 is 0 Å². The summed E-state index contributed by atoms with van der Waals surface area (Å²) in [6.07, 6.45) is 0. The van der Waals surface area contributed by atoms with Crippen LogP contribution >= 0.6 is 11.3 Å². The first-order valence-electron chi connectivity index (χ1n) is 16.4. The highest BCUT2D eigenvalue weighted by Gasteiger charge is 2.39. The number of rotatable bonds is 2. The molecule has 2 aromatic heterocycles. The molecule has 2 aliphatic carbocycles. The van der Waals surface area contributed by atoms with Crippen LogP contribution in [-0.2, 0) is 10.8 Å². The van der Waals surface area contributed by atoms with Crippen LogP contribution in [0.15, 0.2) is 121 Å². The van der Waals surface area contributed by atoms with Gasteiger partial charge in [-0.3, -0.25) is 0 Å². The van der Waals surface area contributed by atoms with Crippen molar-refractivity contribution >= 4 is 42.4 Å². The maximum Gasteiger partial charge on any atom is 0.160 e. The molecule has 0 N–H and O–H groups in total. The van der Waals surface area contributed by atoms with Crippen molar-refractivity contribution in [2.24, 2.45) is 0 Å². The van der Waals surface area contributed by atoms with E-state index < -0.39 is 0 Å². The molecular weight excluding hydrogens is 589 g/mol. The molecule has 0 saturated carbocycles. The Bertz CT molecular complexity index is 2620. The number of fused-ring (bicyclic) bond motifs is 12. The first kappa shape index (κ1) is 27.0. The first-order chi connectivity index (χ1) is 22.8. The maximum absolute atomic E-state index is 5.49. The van der Waals surface area contributed by atoms with Crippen molar-refractivity contribution in [1.29, 1.82) is 0 Å². The van der Waals surface area contributed by atoms with Crippen LogP contribution in [0.25, 0.3) is 76.0 Å². The second-order valence-electron chi connectivity index (χ2n) is 14.2. The van der Waals surface area contributed by atoms with Crippen LogP contribution in [0.1, 0.15) is 49.9 Å². The van der Waals surface area contributed by atoms with E-state index in [4.69, 9.17) is 9.97 Å². The smallest absolute Gasteiger partial charge is 0.160 e. The molecule has 8 aromatic rings. The lowest BCUT2D eigenvalue weighted by Crippen LogP contribution is -2.16. The molecule has 0 saturated heterocycles. The Labute approximate surface area is 278 Å². The van der Waals surface area contributed by atoms with E-state index in [-0.39, 0.29) is 10.8 Å². The third-order valence-electron chi connectivity index (χ3n) is 10.9. The highest BCUT2D eigenvalue weighted by atomic mass is 32.1. The van der Waals surface area contributed by atoms with Crippen molar-refractivity contribution < 1.29 is 0 Å². The van der Waals surface area contributed by atoms with Gasteiger partial charge in [0.15, 0.2) is 5.82 Å². The average Bonchev–Trinajstić information content (AvgIpc) is 3.68. The predicted octanol–water partition coefficient (Wildman–Crippen LogP) is 11.9. The molecule has 224 valence electrons. The molecule has 0 radical (unpaired) electrons. The summed E-state index contributed by atoms with van der Waals surface area (Å²) in [5.41, 5.74) is 14.6. The van der Waals surface area contributed by atoms with Gasteiger partial charge in [0.25, 0.3) is 0 Å². The molecule has 0 unspecified atom stereocenters. The molecule has 2 nitrogen and oxygen atoms in total. The summed E-state index contributed by atoms with van der Waals surface area (Å²) in [6, 6.07) is 44.4. The van der Waals surface area contributed by atoms with Crippen molar-refractivity contribution in [2.45, 2.75) is 38.5 Å². The molecule has 47 heavy (non-hydrogen) atoms. The average molecular weight is 621 g/mol. The Morgan fingerprint density at radius 3 is 2.11 bits per heavy atom. The van der Waals surface area contributed by atoms with Crippen molar-refractivity contribution in [3.05, 3.63) is 144 Å². The van der Waals surface area contributed by atoms with Gasteiger partial charge in [-0.05, 0) is 57.1 Å². The Balaban J connectivity index is 1.26. The van der Waals surface area contributed by atoms with Gasteiger partial charge in [0.05, 0.1) is 11.2 Å². The molecule has 0 bridgehead atoms. The maximum atomic E-state index is 5.49. The highest BCUT2D eigenvalue weighted by Crippen LogP contribution is 2.55. The summed E-state index contributed by atoms with van der Waals surface area (Å²) >= 11 is 1.91. The molecular formula is C44H32N2S. The minimum absolute atomic E-state index is 0.0936. The van der Waals surface area contributed by atoms with E-state index in [2.05, 4.69) is 149 Å². The van der Waals surface area contributed by atoms with Gasteiger partial charge in [-0.1, -0.05) is 131 Å². The van der Waals surface area contributed by atoms with Gasteiger partial charge >= 0.3 is 0 Å². The fourth-order valence-electron chi connectivity index (χ4n) is 8.55. The minimum atomic E-state index is -0.182. The fourth-order valence-corrected chi connectivity index (χ4v) is 9.82. The van der Waals surface area contributed by atoms with E-state index in [1.54, 1.807) is 0 Å². The van der Waals surface area contributed by atoms with Crippen LogP contribution in [0.5, 0.6) is 0 Å². The summed E-state index contributed by atoms with van der Waals surface area (Å²) in [7, 11) is 0. The van der Waals surface area contributed by atoms with Crippen LogP contribution in [0.4, 0.5) is 0 Å². The van der Waals surface area contributed by atoms with E-state index in [0.29, 0.717) is 0 Å². The molecule has 3 heteroatoms. The topological polar surface area (TPSA) is 25.8 Å². The summed E-state index contributed by atoms with van der Waals surface area (Å²) < 4.78 is 2.70. The van der Waals surface area contributed by atoms with Gasteiger partial charge in [0.1, 0.15) is 0 Å². The van der Waals surface area contributed by atoms with Gasteiger partial charge < -0.3 is 0 Å². The Morgan fingerprint density at radius 2 is 1.23 bits per heavy atom. The lowest BCUT2D eigenvalue weighted by Gasteiger charge is -2.23. The third kappa shape index (κ3) is 3.55. The van der Waals surface area contributed by atoms with Gasteiger partial charge in [-0.2, -0.15) is 0 Å². The van der Waals surface area contributed by atoms with Gasteiger partial charge in [-0.25, -0.2) is 9.97 Å². The Hall–Kier alpha value is -5.12. The summed E-state index contributed by atoms with van der Waals surface area (Å²) in [6.45, 7) is 9.40. The molecule has 0 atom stereocenters. The monoisotopic (exact) mass is 620 g/mol. The largest absolute Gasteiger partial charge is 0.228 e. The molecule has 2 aliphatic rings. The van der Waals surface area contributed by atoms with E-state index in [1.165, 1.54) is 64.7 Å². The number of thiophene rings is 1. The van der Waals surface area contributed by atoms with Crippen molar-refractivity contribution in [1.82, 2.24) is 9.97 Å². The summed E-state index contributed by atoms with van der Waals surface area (Å²) in [5, 5.41) is 3.77. The second kappa shape index (κ2) is 9.24. The van der Waals surface area contributed by atoms with Crippen LogP contribution in [0.2, 0.25) is 0 Å². The van der Waals surface area contributed by atoms with E-state index in [9.17, 15) is 0 Å². The number of nitrogens with zero attached hydrogens (tertiary/aromatic N) is 2. The second-order valence-corrected chi connectivity index (χ2v) is 15.2. The lowest BCUT2D eigenvalue weighted by molar-refractivity contribution is 0.661. The normalized spacial score (nSPS) is 15.1. The number of benzene rings is 6. The van der Waals surface area contributed by atoms with E-state index in [0.717, 1.165) is 33.5 Å². The zero-order valence-electron chi connectivity index (χ0n) is 26.8. The van der Waals surface area contributed by atoms with E-state index >= 15 is 0 Å². The Morgan fingerprint density at radius 1 is 0.511 bits per heavy atom. The van der Waals surface area contributed by atoms with Gasteiger partial charge in [-0.15, -0.1) is 11.3 Å². The fraction of sp³-hybridized carbons (Fsp3) is 0.136. The molecule has 6 aromatic carbocycles. The number of hydrogen-bond donors (Lipinski definition) is 0. The number of aromatic nitrogens is 2. The molecule has 10 rings (SSSR count). The summed E-state index contributed by atoms with van der Waals surface area (Å²) in [4.78, 5) is 10.9. The molecule has 0 spiro atoms. The Kier molecular flexibility index (Phi) is 5.32. The quantitative estimate of drug-likeness (QED) is 0.192. The summed E-state index contributed by atoms with van der Waals surface area (Å²) in [5.74, 6) is 0.772. The SMILES string of the molecule is CC1(C)c2ccc(-c3nc(-c4ccccc4)c4ccc5c(c4n3)C(C)(C)c3ccccc3-5)cc2-c2c1ccc1c2sc2ccccc21. The van der Waals surface area contributed by atoms with Crippen LogP contribution in [0.3, 0.4) is 0 Å².